The summed E-state index contributed by atoms with van der Waals surface area (Å²) in [4.78, 5) is 16.2. The monoisotopic (exact) mass is 613 g/mol. The number of anilines is 1. The molecule has 1 aliphatic heterocycles. The molecule has 0 N–H and O–H groups in total. The van der Waals surface area contributed by atoms with Crippen LogP contribution in [0.1, 0.15) is 18.2 Å². The fraction of sp³-hybridized carbons (Fsp3) is 0.172. The number of hydrogen-bond acceptors (Lipinski definition) is 7. The SMILES string of the molecule is C=CC[n+]1ccccc1C=c1sc(=C2Sc3ccc(Cl)cc3N2C)c(=O)n1CC.Cc1ccc(S(=O)(=O)[O-])cc1. The van der Waals surface area contributed by atoms with Crippen molar-refractivity contribution < 1.29 is 17.5 Å². The Morgan fingerprint density at radius 1 is 1.12 bits per heavy atom. The molecule has 0 radical (unpaired) electrons. The molecule has 0 saturated heterocycles. The third kappa shape index (κ3) is 6.59. The van der Waals surface area contributed by atoms with Crippen LogP contribution >= 0.6 is 34.7 Å². The molecule has 3 heterocycles. The van der Waals surface area contributed by atoms with Crippen molar-refractivity contribution in [3.63, 3.8) is 0 Å². The zero-order chi connectivity index (χ0) is 29.0. The maximum atomic E-state index is 13.2. The second kappa shape index (κ2) is 12.6. The summed E-state index contributed by atoms with van der Waals surface area (Å²) in [7, 11) is -2.28. The second-order valence-electron chi connectivity index (χ2n) is 8.88. The van der Waals surface area contributed by atoms with E-state index in [1.807, 2.05) is 68.1 Å². The average molecular weight is 614 g/mol. The van der Waals surface area contributed by atoms with Crippen LogP contribution in [0.15, 0.2) is 94.1 Å². The first kappa shape index (κ1) is 29.8. The number of benzene rings is 2. The summed E-state index contributed by atoms with van der Waals surface area (Å²) in [5, 5.41) is 1.64. The lowest BCUT2D eigenvalue weighted by molar-refractivity contribution is -0.688. The molecule has 40 heavy (non-hydrogen) atoms. The first-order valence-electron chi connectivity index (χ1n) is 12.3. The molecule has 0 fully saturated rings. The smallest absolute Gasteiger partial charge is 0.271 e. The van der Waals surface area contributed by atoms with Crippen LogP contribution in [0.2, 0.25) is 5.02 Å². The lowest BCUT2D eigenvalue weighted by Crippen LogP contribution is -2.37. The number of aryl methyl sites for hydroxylation is 1. The number of allylic oxidation sites excluding steroid dienone is 1. The average Bonchev–Trinajstić information content (AvgIpc) is 3.40. The minimum Gasteiger partial charge on any atom is -0.744 e. The summed E-state index contributed by atoms with van der Waals surface area (Å²) in [6.45, 7) is 8.99. The summed E-state index contributed by atoms with van der Waals surface area (Å²) in [6, 6.07) is 17.7. The van der Waals surface area contributed by atoms with Gasteiger partial charge in [0.25, 0.3) is 5.56 Å². The first-order chi connectivity index (χ1) is 19.0. The lowest BCUT2D eigenvalue weighted by atomic mass is 10.2. The fourth-order valence-electron chi connectivity index (χ4n) is 4.04. The van der Waals surface area contributed by atoms with E-state index in [0.717, 1.165) is 36.1 Å². The van der Waals surface area contributed by atoms with E-state index >= 15 is 0 Å². The molecule has 0 spiro atoms. The van der Waals surface area contributed by atoms with Crippen molar-refractivity contribution >= 4 is 61.6 Å². The van der Waals surface area contributed by atoms with Crippen molar-refractivity contribution in [3.8, 4) is 0 Å². The zero-order valence-corrected chi connectivity index (χ0v) is 25.4. The first-order valence-corrected chi connectivity index (χ1v) is 15.7. The van der Waals surface area contributed by atoms with E-state index in [0.29, 0.717) is 18.1 Å². The van der Waals surface area contributed by atoms with Gasteiger partial charge >= 0.3 is 0 Å². The number of thiazole rings is 1. The van der Waals surface area contributed by atoms with E-state index in [9.17, 15) is 17.8 Å². The maximum absolute atomic E-state index is 13.2. The molecular weight excluding hydrogens is 586 g/mol. The van der Waals surface area contributed by atoms with Gasteiger partial charge in [0, 0.05) is 41.7 Å². The Hall–Kier alpha value is -3.15. The van der Waals surface area contributed by atoms with Crippen LogP contribution in [-0.2, 0) is 23.2 Å². The second-order valence-corrected chi connectivity index (χ2v) is 12.8. The van der Waals surface area contributed by atoms with Crippen LogP contribution in [0.25, 0.3) is 11.1 Å². The third-order valence-electron chi connectivity index (χ3n) is 6.10. The molecule has 0 unspecified atom stereocenters. The van der Waals surface area contributed by atoms with Crippen molar-refractivity contribution in [2.45, 2.75) is 36.7 Å². The summed E-state index contributed by atoms with van der Waals surface area (Å²) < 4.78 is 36.8. The number of thioether (sulfide) groups is 1. The predicted molar refractivity (Wildman–Crippen MR) is 162 cm³/mol. The summed E-state index contributed by atoms with van der Waals surface area (Å²) >= 11 is 9.32. The van der Waals surface area contributed by atoms with Crippen molar-refractivity contribution in [1.82, 2.24) is 4.57 Å². The van der Waals surface area contributed by atoms with Crippen LogP contribution in [0.4, 0.5) is 5.69 Å². The predicted octanol–water partition coefficient (Wildman–Crippen LogP) is 4.09. The zero-order valence-electron chi connectivity index (χ0n) is 22.2. The van der Waals surface area contributed by atoms with Gasteiger partial charge in [0.05, 0.1) is 10.6 Å². The van der Waals surface area contributed by atoms with E-state index in [1.54, 1.807) is 23.9 Å². The van der Waals surface area contributed by atoms with Crippen LogP contribution in [0, 0.1) is 6.92 Å². The number of hydrogen-bond donors (Lipinski definition) is 0. The highest BCUT2D eigenvalue weighted by molar-refractivity contribution is 8.08. The Kier molecular flexibility index (Phi) is 9.37. The molecule has 4 aromatic rings. The van der Waals surface area contributed by atoms with Crippen LogP contribution in [-0.4, -0.2) is 24.6 Å². The van der Waals surface area contributed by atoms with Gasteiger partial charge in [-0.25, -0.2) is 8.42 Å². The van der Waals surface area contributed by atoms with Gasteiger partial charge in [-0.05, 0) is 56.3 Å². The molecule has 208 valence electrons. The normalized spacial score (nSPS) is 14.5. The Balaban J connectivity index is 0.000000283. The maximum Gasteiger partial charge on any atom is 0.271 e. The van der Waals surface area contributed by atoms with Crippen molar-refractivity contribution in [1.29, 1.82) is 0 Å². The summed E-state index contributed by atoms with van der Waals surface area (Å²) in [5.41, 5.74) is 3.04. The van der Waals surface area contributed by atoms with Crippen molar-refractivity contribution in [2.75, 3.05) is 11.9 Å². The third-order valence-corrected chi connectivity index (χ3v) is 9.67. The fourth-order valence-corrected chi connectivity index (χ4v) is 7.12. The standard InChI is InChI=1S/C22H21ClN3OS2.C7H8O3S/c1-4-11-25-12-7-6-8-16(25)14-19-26(5-2)21(27)20(29-19)22-24(3)17-13-15(23)9-10-18(17)28-22;1-6-2-4-7(5-3-6)11(8,9)10/h4,6-10,12-14H,1,5,11H2,2-3H3;2-5H,1H3,(H,8,9,10)/q+1;/p-1. The highest BCUT2D eigenvalue weighted by atomic mass is 35.5. The van der Waals surface area contributed by atoms with Gasteiger partial charge in [-0.2, -0.15) is 4.57 Å². The van der Waals surface area contributed by atoms with Crippen LogP contribution in [0.5, 0.6) is 0 Å². The van der Waals surface area contributed by atoms with Crippen LogP contribution in [0.3, 0.4) is 0 Å². The van der Waals surface area contributed by atoms with E-state index in [2.05, 4.69) is 28.2 Å². The number of halogens is 1. The highest BCUT2D eigenvalue weighted by Gasteiger charge is 2.25. The lowest BCUT2D eigenvalue weighted by Gasteiger charge is -2.12. The van der Waals surface area contributed by atoms with Crippen molar-refractivity contribution in [3.05, 3.63) is 115 Å². The number of pyridine rings is 1. The molecule has 0 amide bonds. The molecule has 7 nitrogen and oxygen atoms in total. The molecule has 5 rings (SSSR count). The summed E-state index contributed by atoms with van der Waals surface area (Å²) in [6.07, 6.45) is 5.96. The topological polar surface area (TPSA) is 86.3 Å². The molecule has 2 aromatic heterocycles. The minimum absolute atomic E-state index is 0.0446. The molecule has 0 bridgehead atoms. The highest BCUT2D eigenvalue weighted by Crippen LogP contribution is 2.46. The molecule has 2 aromatic carbocycles. The van der Waals surface area contributed by atoms with Gasteiger partial charge in [0.2, 0.25) is 5.69 Å². The molecule has 0 saturated carbocycles. The number of fused-ring (bicyclic) bond motifs is 1. The Labute approximate surface area is 246 Å². The van der Waals surface area contributed by atoms with Gasteiger partial charge in [0.15, 0.2) is 12.7 Å². The molecule has 1 aliphatic rings. The minimum atomic E-state index is -4.27. The van der Waals surface area contributed by atoms with Gasteiger partial charge in [-0.15, -0.1) is 11.3 Å². The van der Waals surface area contributed by atoms with Gasteiger partial charge in [-0.1, -0.05) is 47.6 Å². The number of rotatable bonds is 5. The Bertz CT molecular complexity index is 1850. The van der Waals surface area contributed by atoms with E-state index in [1.165, 1.54) is 23.5 Å². The number of nitrogens with zero attached hydrogens (tertiary/aromatic N) is 3. The van der Waals surface area contributed by atoms with Crippen molar-refractivity contribution in [2.24, 2.45) is 0 Å². The molecule has 0 aliphatic carbocycles. The van der Waals surface area contributed by atoms with Gasteiger partial charge in [-0.3, -0.25) is 9.36 Å². The molecular formula is C29H28ClN3O4S3. The molecule has 0 atom stereocenters. The van der Waals surface area contributed by atoms with Crippen LogP contribution < -0.4 is 24.2 Å². The quantitative estimate of drug-likeness (QED) is 0.191. The van der Waals surface area contributed by atoms with E-state index < -0.39 is 10.1 Å². The number of aromatic nitrogens is 2. The molecule has 11 heteroatoms. The van der Waals surface area contributed by atoms with E-state index in [4.69, 9.17) is 11.6 Å². The summed E-state index contributed by atoms with van der Waals surface area (Å²) in [5.74, 6) is 0. The van der Waals surface area contributed by atoms with Gasteiger partial charge < -0.3 is 9.45 Å². The Morgan fingerprint density at radius 2 is 1.85 bits per heavy atom. The largest absolute Gasteiger partial charge is 0.744 e. The van der Waals surface area contributed by atoms with Gasteiger partial charge in [0.1, 0.15) is 24.3 Å². The Morgan fingerprint density at radius 3 is 2.50 bits per heavy atom. The van der Waals surface area contributed by atoms with E-state index in [-0.39, 0.29) is 10.5 Å².